The first-order valence-electron chi connectivity index (χ1n) is 7.35. The van der Waals surface area contributed by atoms with Gasteiger partial charge in [0.25, 0.3) is 5.91 Å². The minimum atomic E-state index is -0.339. The largest absolute Gasteiger partial charge is 0.337 e. The Hall–Kier alpha value is -2.86. The lowest BCUT2D eigenvalue weighted by Gasteiger charge is -2.10. The van der Waals surface area contributed by atoms with E-state index in [4.69, 9.17) is 11.6 Å². The fourth-order valence-corrected chi connectivity index (χ4v) is 2.34. The molecule has 1 amide bonds. The van der Waals surface area contributed by atoms with Crippen molar-refractivity contribution in [3.05, 3.63) is 64.3 Å². The fraction of sp³-hybridized carbons (Fsp3) is 0.118. The summed E-state index contributed by atoms with van der Waals surface area (Å²) in [7, 11) is 0. The monoisotopic (exact) mass is 341 g/mol. The van der Waals surface area contributed by atoms with E-state index in [-0.39, 0.29) is 11.6 Å². The van der Waals surface area contributed by atoms with Gasteiger partial charge in [-0.1, -0.05) is 23.7 Å². The van der Waals surface area contributed by atoms with Crippen LogP contribution in [0.4, 0.5) is 17.2 Å². The summed E-state index contributed by atoms with van der Waals surface area (Å²) < 4.78 is 0. The number of rotatable bonds is 4. The van der Waals surface area contributed by atoms with E-state index in [0.29, 0.717) is 10.8 Å². The number of aromatic nitrogens is 3. The average molecular weight is 342 g/mol. The van der Waals surface area contributed by atoms with E-state index in [2.05, 4.69) is 26.0 Å². The maximum Gasteiger partial charge on any atom is 0.280 e. The topological polar surface area (TPSA) is 82.7 Å². The van der Waals surface area contributed by atoms with Crippen LogP contribution in [0.15, 0.2) is 42.5 Å². The Balaban J connectivity index is 1.80. The molecule has 0 aliphatic carbocycles. The molecule has 6 nitrogen and oxygen atoms in total. The number of anilines is 3. The lowest BCUT2D eigenvalue weighted by molar-refractivity contribution is 0.102. The Labute approximate surface area is 144 Å². The molecule has 24 heavy (non-hydrogen) atoms. The summed E-state index contributed by atoms with van der Waals surface area (Å²) in [4.78, 5) is 12.5. The van der Waals surface area contributed by atoms with Crippen LogP contribution in [0.3, 0.4) is 0 Å². The summed E-state index contributed by atoms with van der Waals surface area (Å²) in [6.45, 7) is 3.95. The van der Waals surface area contributed by atoms with Crippen molar-refractivity contribution in [3.8, 4) is 0 Å². The van der Waals surface area contributed by atoms with Crippen LogP contribution in [0, 0.1) is 13.8 Å². The Morgan fingerprint density at radius 1 is 1.08 bits per heavy atom. The summed E-state index contributed by atoms with van der Waals surface area (Å²) in [5.41, 5.74) is 3.81. The second-order valence-electron chi connectivity index (χ2n) is 5.35. The summed E-state index contributed by atoms with van der Waals surface area (Å²) in [5.74, 6) is 0.00837. The molecule has 0 saturated carbocycles. The van der Waals surface area contributed by atoms with Gasteiger partial charge in [-0.3, -0.25) is 4.79 Å². The molecule has 0 aliphatic rings. The van der Waals surface area contributed by atoms with Gasteiger partial charge in [-0.05, 0) is 55.3 Å². The first-order chi connectivity index (χ1) is 11.5. The maximum atomic E-state index is 12.5. The minimum Gasteiger partial charge on any atom is -0.337 e. The molecule has 0 radical (unpaired) electrons. The molecule has 1 aromatic heterocycles. The molecule has 122 valence electrons. The van der Waals surface area contributed by atoms with Crippen LogP contribution >= 0.6 is 11.6 Å². The van der Waals surface area contributed by atoms with Crippen LogP contribution in [0.25, 0.3) is 0 Å². The predicted octanol–water partition coefficient (Wildman–Crippen LogP) is 4.07. The van der Waals surface area contributed by atoms with E-state index in [0.717, 1.165) is 22.5 Å². The van der Waals surface area contributed by atoms with Crippen LogP contribution in [-0.4, -0.2) is 21.3 Å². The zero-order valence-electron chi connectivity index (χ0n) is 13.2. The van der Waals surface area contributed by atoms with E-state index < -0.39 is 0 Å². The molecule has 0 spiro atoms. The van der Waals surface area contributed by atoms with Crippen molar-refractivity contribution >= 4 is 34.7 Å². The average Bonchev–Trinajstić information content (AvgIpc) is 3.02. The zero-order chi connectivity index (χ0) is 17.1. The van der Waals surface area contributed by atoms with Crippen LogP contribution in [0.5, 0.6) is 0 Å². The summed E-state index contributed by atoms with van der Waals surface area (Å²) in [6, 6.07) is 12.8. The molecule has 3 rings (SSSR count). The highest BCUT2D eigenvalue weighted by Crippen LogP contribution is 2.22. The molecule has 0 fully saturated rings. The van der Waals surface area contributed by atoms with Crippen LogP contribution in [0.1, 0.15) is 21.6 Å². The van der Waals surface area contributed by atoms with Gasteiger partial charge >= 0.3 is 0 Å². The predicted molar refractivity (Wildman–Crippen MR) is 95.0 cm³/mol. The number of aryl methyl sites for hydroxylation is 1. The molecule has 3 N–H and O–H groups in total. The third-order valence-electron chi connectivity index (χ3n) is 3.72. The molecular formula is C17H16ClN5O. The molecule has 2 aromatic carbocycles. The Morgan fingerprint density at radius 2 is 1.83 bits per heavy atom. The quantitative estimate of drug-likeness (QED) is 0.668. The number of hydrogen-bond donors (Lipinski definition) is 3. The molecule has 1 heterocycles. The molecular weight excluding hydrogens is 326 g/mol. The third-order valence-corrected chi connectivity index (χ3v) is 3.97. The number of amides is 1. The maximum absolute atomic E-state index is 12.5. The lowest BCUT2D eigenvalue weighted by atomic mass is 10.1. The van der Waals surface area contributed by atoms with Gasteiger partial charge < -0.3 is 10.6 Å². The molecule has 0 atom stereocenters. The van der Waals surface area contributed by atoms with Gasteiger partial charge in [-0.2, -0.15) is 5.21 Å². The number of hydrogen-bond acceptors (Lipinski definition) is 4. The van der Waals surface area contributed by atoms with Crippen molar-refractivity contribution < 1.29 is 4.79 Å². The third kappa shape index (κ3) is 3.38. The first kappa shape index (κ1) is 16.0. The van der Waals surface area contributed by atoms with Gasteiger partial charge in [0, 0.05) is 16.4 Å². The van der Waals surface area contributed by atoms with E-state index in [9.17, 15) is 4.79 Å². The first-order valence-corrected chi connectivity index (χ1v) is 7.73. The van der Waals surface area contributed by atoms with E-state index in [1.165, 1.54) is 0 Å². The number of benzene rings is 2. The highest BCUT2D eigenvalue weighted by atomic mass is 35.5. The van der Waals surface area contributed by atoms with Crippen molar-refractivity contribution in [2.24, 2.45) is 0 Å². The number of halogens is 1. The van der Waals surface area contributed by atoms with Gasteiger partial charge in [-0.15, -0.1) is 10.2 Å². The van der Waals surface area contributed by atoms with Crippen molar-refractivity contribution in [3.63, 3.8) is 0 Å². The summed E-state index contributed by atoms with van der Waals surface area (Å²) in [6.07, 6.45) is 0. The van der Waals surface area contributed by atoms with E-state index in [1.54, 1.807) is 24.3 Å². The number of aromatic amines is 1. The number of nitrogens with one attached hydrogen (secondary N) is 3. The van der Waals surface area contributed by atoms with Crippen molar-refractivity contribution in [1.29, 1.82) is 0 Å². The molecule has 0 aliphatic heterocycles. The standard InChI is InChI=1S/C17H16ClN5O/c1-10-4-3-5-14(11(10)2)20-17(24)15-16(22-23-21-15)19-13-8-6-12(18)7-9-13/h3-9H,1-2H3,(H,20,24)(H2,19,21,22,23). The SMILES string of the molecule is Cc1cccc(NC(=O)c2n[nH]nc2Nc2ccc(Cl)cc2)c1C. The molecule has 3 aromatic rings. The minimum absolute atomic E-state index is 0.186. The number of carbonyl (C=O) groups is 1. The smallest absolute Gasteiger partial charge is 0.280 e. The zero-order valence-corrected chi connectivity index (χ0v) is 14.0. The normalized spacial score (nSPS) is 10.5. The molecule has 7 heteroatoms. The highest BCUT2D eigenvalue weighted by Gasteiger charge is 2.17. The van der Waals surface area contributed by atoms with Gasteiger partial charge in [0.15, 0.2) is 11.5 Å². The second-order valence-corrected chi connectivity index (χ2v) is 5.79. The summed E-state index contributed by atoms with van der Waals surface area (Å²) >= 11 is 5.87. The number of carbonyl (C=O) groups excluding carboxylic acids is 1. The van der Waals surface area contributed by atoms with Crippen LogP contribution in [-0.2, 0) is 0 Å². The van der Waals surface area contributed by atoms with E-state index in [1.807, 2.05) is 32.0 Å². The molecule has 0 unspecified atom stereocenters. The van der Waals surface area contributed by atoms with Gasteiger partial charge in [0.1, 0.15) is 0 Å². The van der Waals surface area contributed by atoms with Gasteiger partial charge in [0.05, 0.1) is 0 Å². The Morgan fingerprint density at radius 3 is 2.58 bits per heavy atom. The molecule has 0 saturated heterocycles. The second kappa shape index (κ2) is 6.72. The van der Waals surface area contributed by atoms with Gasteiger partial charge in [-0.25, -0.2) is 0 Å². The Bertz CT molecular complexity index is 873. The van der Waals surface area contributed by atoms with Crippen molar-refractivity contribution in [2.75, 3.05) is 10.6 Å². The van der Waals surface area contributed by atoms with E-state index >= 15 is 0 Å². The Kier molecular flexibility index (Phi) is 4.48. The van der Waals surface area contributed by atoms with Crippen molar-refractivity contribution in [2.45, 2.75) is 13.8 Å². The number of H-pyrrole nitrogens is 1. The van der Waals surface area contributed by atoms with Crippen LogP contribution < -0.4 is 10.6 Å². The van der Waals surface area contributed by atoms with Gasteiger partial charge in [0.2, 0.25) is 0 Å². The fourth-order valence-electron chi connectivity index (χ4n) is 2.21. The molecule has 0 bridgehead atoms. The number of nitrogens with zero attached hydrogens (tertiary/aromatic N) is 2. The van der Waals surface area contributed by atoms with Crippen molar-refractivity contribution in [1.82, 2.24) is 15.4 Å². The summed E-state index contributed by atoms with van der Waals surface area (Å²) in [5, 5.41) is 17.0. The highest BCUT2D eigenvalue weighted by molar-refractivity contribution is 6.30. The van der Waals surface area contributed by atoms with Crippen LogP contribution in [0.2, 0.25) is 5.02 Å². The lowest BCUT2D eigenvalue weighted by Crippen LogP contribution is -2.15.